The SMILES string of the molecule is Nc1ncc(Cl)cc1C(=O)CN1CCNCC1. The first-order chi connectivity index (χ1) is 8.16. The van der Waals surface area contributed by atoms with Crippen LogP contribution in [0.15, 0.2) is 12.3 Å². The van der Waals surface area contributed by atoms with Crippen molar-refractivity contribution in [3.8, 4) is 0 Å². The molecule has 1 aromatic heterocycles. The van der Waals surface area contributed by atoms with E-state index < -0.39 is 0 Å². The van der Waals surface area contributed by atoms with E-state index in [1.807, 2.05) is 0 Å². The first-order valence-electron chi connectivity index (χ1n) is 5.54. The lowest BCUT2D eigenvalue weighted by Gasteiger charge is -2.26. The van der Waals surface area contributed by atoms with Gasteiger partial charge in [0.2, 0.25) is 0 Å². The lowest BCUT2D eigenvalue weighted by molar-refractivity contribution is 0.0922. The summed E-state index contributed by atoms with van der Waals surface area (Å²) in [6, 6.07) is 1.58. The molecule has 1 saturated heterocycles. The summed E-state index contributed by atoms with van der Waals surface area (Å²) in [5, 5.41) is 3.67. The molecule has 2 rings (SSSR count). The zero-order chi connectivity index (χ0) is 12.3. The molecule has 1 aliphatic rings. The Kier molecular flexibility index (Phi) is 3.93. The number of carbonyl (C=O) groups is 1. The molecule has 0 aromatic carbocycles. The number of pyridine rings is 1. The average molecular weight is 255 g/mol. The Balaban J connectivity index is 2.05. The van der Waals surface area contributed by atoms with Gasteiger partial charge in [-0.3, -0.25) is 9.69 Å². The number of nitrogens with one attached hydrogen (secondary N) is 1. The van der Waals surface area contributed by atoms with Gasteiger partial charge in [0.25, 0.3) is 0 Å². The number of nitrogen functional groups attached to an aromatic ring is 1. The zero-order valence-electron chi connectivity index (χ0n) is 9.45. The van der Waals surface area contributed by atoms with Crippen molar-refractivity contribution in [2.45, 2.75) is 0 Å². The molecule has 0 atom stereocenters. The van der Waals surface area contributed by atoms with Gasteiger partial charge < -0.3 is 11.1 Å². The summed E-state index contributed by atoms with van der Waals surface area (Å²) in [5.41, 5.74) is 6.09. The third kappa shape index (κ3) is 3.15. The number of rotatable bonds is 3. The second kappa shape index (κ2) is 5.44. The molecule has 0 saturated carbocycles. The number of halogens is 1. The van der Waals surface area contributed by atoms with Crippen molar-refractivity contribution in [3.05, 3.63) is 22.8 Å². The summed E-state index contributed by atoms with van der Waals surface area (Å²) in [6.45, 7) is 3.94. The molecule has 0 radical (unpaired) electrons. The number of nitrogens with two attached hydrogens (primary N) is 1. The highest BCUT2D eigenvalue weighted by Gasteiger charge is 2.17. The van der Waals surface area contributed by atoms with Crippen molar-refractivity contribution < 1.29 is 4.79 Å². The molecular weight excluding hydrogens is 240 g/mol. The van der Waals surface area contributed by atoms with Gasteiger partial charge in [-0.15, -0.1) is 0 Å². The van der Waals surface area contributed by atoms with Crippen LogP contribution in [0.2, 0.25) is 5.02 Å². The largest absolute Gasteiger partial charge is 0.383 e. The van der Waals surface area contributed by atoms with Gasteiger partial charge in [0.15, 0.2) is 5.78 Å². The number of hydrogen-bond donors (Lipinski definition) is 2. The minimum absolute atomic E-state index is 0.0283. The van der Waals surface area contributed by atoms with Gasteiger partial charge in [-0.2, -0.15) is 0 Å². The summed E-state index contributed by atoms with van der Waals surface area (Å²) in [6.07, 6.45) is 1.44. The van der Waals surface area contributed by atoms with E-state index in [0.29, 0.717) is 17.1 Å². The second-order valence-corrected chi connectivity index (χ2v) is 4.47. The molecule has 6 heteroatoms. The van der Waals surface area contributed by atoms with Crippen LogP contribution in [0.4, 0.5) is 5.82 Å². The summed E-state index contributed by atoms with van der Waals surface area (Å²) >= 11 is 5.81. The van der Waals surface area contributed by atoms with E-state index in [4.69, 9.17) is 17.3 Å². The standard InChI is InChI=1S/C11H15ClN4O/c12-8-5-9(11(13)15-6-8)10(17)7-16-3-1-14-2-4-16/h5-6,14H,1-4,7H2,(H2,13,15). The van der Waals surface area contributed by atoms with Gasteiger partial charge in [-0.25, -0.2) is 4.98 Å². The van der Waals surface area contributed by atoms with Crippen LogP contribution in [0.1, 0.15) is 10.4 Å². The third-order valence-corrected chi connectivity index (χ3v) is 2.97. The fourth-order valence-electron chi connectivity index (χ4n) is 1.83. The van der Waals surface area contributed by atoms with Crippen LogP contribution < -0.4 is 11.1 Å². The number of Topliss-reactive ketones (excluding diaryl/α,β-unsaturated/α-hetero) is 1. The van der Waals surface area contributed by atoms with Crippen molar-refractivity contribution in [1.82, 2.24) is 15.2 Å². The quantitative estimate of drug-likeness (QED) is 0.765. The van der Waals surface area contributed by atoms with Crippen LogP contribution in [-0.2, 0) is 0 Å². The van der Waals surface area contributed by atoms with Crippen molar-refractivity contribution in [2.24, 2.45) is 0 Å². The van der Waals surface area contributed by atoms with Gasteiger partial charge in [0.1, 0.15) is 5.82 Å². The normalized spacial score (nSPS) is 17.0. The summed E-state index contributed by atoms with van der Waals surface area (Å²) in [5.74, 6) is 0.217. The highest BCUT2D eigenvalue weighted by atomic mass is 35.5. The molecule has 0 bridgehead atoms. The van der Waals surface area contributed by atoms with E-state index in [2.05, 4.69) is 15.2 Å². The average Bonchev–Trinajstić information content (AvgIpc) is 2.33. The number of nitrogens with zero attached hydrogens (tertiary/aromatic N) is 2. The van der Waals surface area contributed by atoms with E-state index in [1.54, 1.807) is 6.07 Å². The Hall–Kier alpha value is -1.17. The van der Waals surface area contributed by atoms with Crippen LogP contribution in [0, 0.1) is 0 Å². The maximum absolute atomic E-state index is 12.0. The van der Waals surface area contributed by atoms with Crippen molar-refractivity contribution in [2.75, 3.05) is 38.5 Å². The molecule has 2 heterocycles. The van der Waals surface area contributed by atoms with Crippen molar-refractivity contribution in [1.29, 1.82) is 0 Å². The monoisotopic (exact) mass is 254 g/mol. The highest BCUT2D eigenvalue weighted by molar-refractivity contribution is 6.31. The first-order valence-corrected chi connectivity index (χ1v) is 5.92. The van der Waals surface area contributed by atoms with E-state index in [0.717, 1.165) is 26.2 Å². The maximum atomic E-state index is 12.0. The van der Waals surface area contributed by atoms with Gasteiger partial charge in [-0.05, 0) is 6.07 Å². The van der Waals surface area contributed by atoms with Gasteiger partial charge in [0, 0.05) is 32.4 Å². The molecule has 92 valence electrons. The van der Waals surface area contributed by atoms with Crippen LogP contribution in [0.5, 0.6) is 0 Å². The lowest BCUT2D eigenvalue weighted by atomic mass is 10.1. The smallest absolute Gasteiger partial charge is 0.180 e. The number of ketones is 1. The van der Waals surface area contributed by atoms with Gasteiger partial charge in [0.05, 0.1) is 17.1 Å². The highest BCUT2D eigenvalue weighted by Crippen LogP contribution is 2.15. The number of piperazine rings is 1. The molecule has 0 spiro atoms. The van der Waals surface area contributed by atoms with E-state index >= 15 is 0 Å². The third-order valence-electron chi connectivity index (χ3n) is 2.76. The molecule has 1 fully saturated rings. The fourth-order valence-corrected chi connectivity index (χ4v) is 1.99. The molecule has 5 nitrogen and oxygen atoms in total. The maximum Gasteiger partial charge on any atom is 0.180 e. The molecule has 1 aliphatic heterocycles. The number of carbonyl (C=O) groups excluding carboxylic acids is 1. The molecule has 1 aromatic rings. The number of aromatic nitrogens is 1. The van der Waals surface area contributed by atoms with Crippen LogP contribution in [-0.4, -0.2) is 48.4 Å². The number of hydrogen-bond acceptors (Lipinski definition) is 5. The Morgan fingerprint density at radius 3 is 2.94 bits per heavy atom. The minimum atomic E-state index is -0.0283. The van der Waals surface area contributed by atoms with Crippen molar-refractivity contribution in [3.63, 3.8) is 0 Å². The van der Waals surface area contributed by atoms with Crippen molar-refractivity contribution >= 4 is 23.2 Å². The molecule has 0 aliphatic carbocycles. The molecular formula is C11H15ClN4O. The Morgan fingerprint density at radius 2 is 2.24 bits per heavy atom. The Bertz CT molecular complexity index is 418. The summed E-state index contributed by atoms with van der Waals surface area (Å²) in [7, 11) is 0. The Morgan fingerprint density at radius 1 is 1.53 bits per heavy atom. The predicted molar refractivity (Wildman–Crippen MR) is 67.3 cm³/mol. The fraction of sp³-hybridized carbons (Fsp3) is 0.455. The first kappa shape index (κ1) is 12.3. The molecule has 0 amide bonds. The van der Waals surface area contributed by atoms with E-state index in [-0.39, 0.29) is 11.6 Å². The molecule has 3 N–H and O–H groups in total. The molecule has 17 heavy (non-hydrogen) atoms. The predicted octanol–water partition coefficient (Wildman–Crippen LogP) is 0.405. The van der Waals surface area contributed by atoms with Gasteiger partial charge in [-0.1, -0.05) is 11.6 Å². The summed E-state index contributed by atoms with van der Waals surface area (Å²) in [4.78, 5) is 18.0. The topological polar surface area (TPSA) is 71.2 Å². The molecule has 0 unspecified atom stereocenters. The second-order valence-electron chi connectivity index (χ2n) is 4.04. The minimum Gasteiger partial charge on any atom is -0.383 e. The zero-order valence-corrected chi connectivity index (χ0v) is 10.2. The lowest BCUT2D eigenvalue weighted by Crippen LogP contribution is -2.45. The Labute approximate surface area is 105 Å². The van der Waals surface area contributed by atoms with E-state index in [1.165, 1.54) is 6.20 Å². The van der Waals surface area contributed by atoms with E-state index in [9.17, 15) is 4.79 Å². The summed E-state index contributed by atoms with van der Waals surface area (Å²) < 4.78 is 0. The van der Waals surface area contributed by atoms with Crippen LogP contribution in [0.25, 0.3) is 0 Å². The number of anilines is 1. The van der Waals surface area contributed by atoms with Crippen LogP contribution in [0.3, 0.4) is 0 Å². The van der Waals surface area contributed by atoms with Gasteiger partial charge >= 0.3 is 0 Å². The van der Waals surface area contributed by atoms with Crippen LogP contribution >= 0.6 is 11.6 Å².